The van der Waals surface area contributed by atoms with Gasteiger partial charge in [-0.1, -0.05) is 48.5 Å². The lowest BCUT2D eigenvalue weighted by atomic mass is 10.0. The van der Waals surface area contributed by atoms with Crippen LogP contribution in [0.25, 0.3) is 22.0 Å². The fourth-order valence-corrected chi connectivity index (χ4v) is 2.30. The molecule has 1 N–H and O–H groups in total. The summed E-state index contributed by atoms with van der Waals surface area (Å²) in [5.74, 6) is 0. The van der Waals surface area contributed by atoms with E-state index < -0.39 is 17.3 Å². The Bertz CT molecular complexity index is 851. The Labute approximate surface area is 117 Å². The quantitative estimate of drug-likeness (QED) is 0.715. The third kappa shape index (κ3) is 2.42. The van der Waals surface area contributed by atoms with Crippen molar-refractivity contribution in [1.29, 1.82) is 0 Å². The summed E-state index contributed by atoms with van der Waals surface area (Å²) >= 11 is 0. The summed E-state index contributed by atoms with van der Waals surface area (Å²) in [6.45, 7) is 0. The summed E-state index contributed by atoms with van der Waals surface area (Å²) < 4.78 is 38.3. The molecule has 106 valence electrons. The number of alkyl halides is 3. The Morgan fingerprint density at radius 2 is 1.62 bits per heavy atom. The lowest BCUT2D eigenvalue weighted by molar-refractivity contribution is -0.138. The summed E-state index contributed by atoms with van der Waals surface area (Å²) in [4.78, 5) is 14.0. The highest BCUT2D eigenvalue weighted by Crippen LogP contribution is 2.31. The number of H-pyrrole nitrogens is 1. The van der Waals surface area contributed by atoms with Crippen molar-refractivity contribution in [3.05, 3.63) is 70.5 Å². The van der Waals surface area contributed by atoms with Crippen molar-refractivity contribution in [1.82, 2.24) is 4.98 Å². The topological polar surface area (TPSA) is 32.9 Å². The van der Waals surface area contributed by atoms with Crippen molar-refractivity contribution < 1.29 is 13.2 Å². The molecule has 21 heavy (non-hydrogen) atoms. The number of hydrogen-bond acceptors (Lipinski definition) is 1. The molecule has 0 fully saturated rings. The number of halogens is 3. The lowest BCUT2D eigenvalue weighted by Crippen LogP contribution is -2.21. The Hall–Kier alpha value is -2.56. The van der Waals surface area contributed by atoms with Crippen LogP contribution in [0.1, 0.15) is 5.56 Å². The van der Waals surface area contributed by atoms with Crippen molar-refractivity contribution >= 4 is 10.9 Å². The first kappa shape index (κ1) is 13.4. The van der Waals surface area contributed by atoms with Gasteiger partial charge in [0, 0.05) is 5.56 Å². The highest BCUT2D eigenvalue weighted by Gasteiger charge is 2.34. The largest absolute Gasteiger partial charge is 0.421 e. The number of nitrogens with one attached hydrogen (secondary N) is 1. The normalized spacial score (nSPS) is 11.8. The first-order chi connectivity index (χ1) is 9.97. The molecule has 3 aromatic rings. The minimum atomic E-state index is -4.66. The minimum Gasteiger partial charge on any atom is -0.321 e. The van der Waals surface area contributed by atoms with Crippen LogP contribution in [0.3, 0.4) is 0 Å². The van der Waals surface area contributed by atoms with E-state index in [2.05, 4.69) is 4.98 Å². The maximum Gasteiger partial charge on any atom is 0.421 e. The molecule has 0 amide bonds. The molecule has 0 aliphatic rings. The number of pyridine rings is 1. The second-order valence-electron chi connectivity index (χ2n) is 4.65. The molecule has 3 rings (SSSR count). The van der Waals surface area contributed by atoms with Crippen molar-refractivity contribution in [3.8, 4) is 11.1 Å². The molecule has 0 bridgehead atoms. The van der Waals surface area contributed by atoms with Crippen LogP contribution in [0.4, 0.5) is 13.2 Å². The molecule has 2 nitrogen and oxygen atoms in total. The van der Waals surface area contributed by atoms with Gasteiger partial charge in [-0.25, -0.2) is 0 Å². The summed E-state index contributed by atoms with van der Waals surface area (Å²) in [6.07, 6.45) is -4.66. The van der Waals surface area contributed by atoms with Crippen LogP contribution in [0, 0.1) is 0 Å². The van der Waals surface area contributed by atoms with Crippen molar-refractivity contribution in [2.24, 2.45) is 0 Å². The van der Waals surface area contributed by atoms with Crippen LogP contribution < -0.4 is 5.56 Å². The monoisotopic (exact) mass is 289 g/mol. The second kappa shape index (κ2) is 4.77. The van der Waals surface area contributed by atoms with E-state index in [1.54, 1.807) is 18.2 Å². The van der Waals surface area contributed by atoms with Gasteiger partial charge < -0.3 is 4.98 Å². The lowest BCUT2D eigenvalue weighted by Gasteiger charge is -2.10. The Balaban J connectivity index is 2.31. The van der Waals surface area contributed by atoms with E-state index in [1.807, 2.05) is 30.3 Å². The molecular weight excluding hydrogens is 279 g/mol. The molecular formula is C16H10F3NO. The Morgan fingerprint density at radius 3 is 2.29 bits per heavy atom. The third-order valence-corrected chi connectivity index (χ3v) is 3.27. The number of para-hydroxylation sites is 1. The van der Waals surface area contributed by atoms with Gasteiger partial charge in [0.05, 0.1) is 5.52 Å². The third-order valence-electron chi connectivity index (χ3n) is 3.27. The van der Waals surface area contributed by atoms with Crippen LogP contribution in [0.2, 0.25) is 0 Å². The molecule has 0 aliphatic carbocycles. The molecule has 0 atom stereocenters. The summed E-state index contributed by atoms with van der Waals surface area (Å²) in [7, 11) is 0. The van der Waals surface area contributed by atoms with Crippen LogP contribution >= 0.6 is 0 Å². The smallest absolute Gasteiger partial charge is 0.321 e. The molecule has 0 spiro atoms. The zero-order chi connectivity index (χ0) is 15.0. The van der Waals surface area contributed by atoms with Crippen LogP contribution in [0.5, 0.6) is 0 Å². The molecule has 0 aliphatic heterocycles. The van der Waals surface area contributed by atoms with Gasteiger partial charge in [0.15, 0.2) is 0 Å². The van der Waals surface area contributed by atoms with E-state index in [0.29, 0.717) is 16.5 Å². The van der Waals surface area contributed by atoms with Crippen molar-refractivity contribution in [2.45, 2.75) is 6.18 Å². The average molecular weight is 289 g/mol. The molecule has 0 saturated heterocycles. The first-order valence-corrected chi connectivity index (χ1v) is 6.25. The van der Waals surface area contributed by atoms with Gasteiger partial charge in [-0.2, -0.15) is 13.2 Å². The van der Waals surface area contributed by atoms with Gasteiger partial charge >= 0.3 is 6.18 Å². The van der Waals surface area contributed by atoms with Gasteiger partial charge in [-0.15, -0.1) is 0 Å². The molecule has 0 unspecified atom stereocenters. The number of hydrogen-bond donors (Lipinski definition) is 1. The predicted octanol–water partition coefficient (Wildman–Crippen LogP) is 4.21. The minimum absolute atomic E-state index is 0.350. The first-order valence-electron chi connectivity index (χ1n) is 6.25. The van der Waals surface area contributed by atoms with E-state index in [9.17, 15) is 18.0 Å². The summed E-state index contributed by atoms with van der Waals surface area (Å²) in [5, 5.41) is 0.350. The number of benzene rings is 2. The van der Waals surface area contributed by atoms with Gasteiger partial charge in [0.1, 0.15) is 5.56 Å². The standard InChI is InChI=1S/C16H10F3NO/c17-16(18,19)13-9-11-7-4-8-12(14(11)20-15(13)21)10-5-2-1-3-6-10/h1-9H,(H,20,21). The summed E-state index contributed by atoms with van der Waals surface area (Å²) in [6, 6.07) is 15.1. The number of aromatic amines is 1. The molecule has 0 saturated carbocycles. The molecule has 2 aromatic carbocycles. The van der Waals surface area contributed by atoms with Crippen LogP contribution in [-0.2, 0) is 6.18 Å². The van der Waals surface area contributed by atoms with E-state index >= 15 is 0 Å². The molecule has 5 heteroatoms. The van der Waals surface area contributed by atoms with Crippen LogP contribution in [0.15, 0.2) is 59.4 Å². The van der Waals surface area contributed by atoms with Crippen molar-refractivity contribution in [2.75, 3.05) is 0 Å². The van der Waals surface area contributed by atoms with E-state index in [0.717, 1.165) is 11.6 Å². The summed E-state index contributed by atoms with van der Waals surface area (Å²) in [5.41, 5.74) is -0.377. The highest BCUT2D eigenvalue weighted by molar-refractivity contribution is 5.93. The average Bonchev–Trinajstić information content (AvgIpc) is 2.46. The maximum atomic E-state index is 12.8. The van der Waals surface area contributed by atoms with Gasteiger partial charge in [-0.3, -0.25) is 4.79 Å². The molecule has 1 heterocycles. The Morgan fingerprint density at radius 1 is 0.905 bits per heavy atom. The number of fused-ring (bicyclic) bond motifs is 1. The zero-order valence-electron chi connectivity index (χ0n) is 10.7. The van der Waals surface area contributed by atoms with Gasteiger partial charge in [0.2, 0.25) is 0 Å². The highest BCUT2D eigenvalue weighted by atomic mass is 19.4. The SMILES string of the molecule is O=c1[nH]c2c(-c3ccccc3)cccc2cc1C(F)(F)F. The maximum absolute atomic E-state index is 12.8. The number of aromatic nitrogens is 1. The van der Waals surface area contributed by atoms with E-state index in [-0.39, 0.29) is 0 Å². The molecule has 1 aromatic heterocycles. The number of rotatable bonds is 1. The molecule has 0 radical (unpaired) electrons. The van der Waals surface area contributed by atoms with E-state index in [1.165, 1.54) is 0 Å². The Kier molecular flexibility index (Phi) is 3.05. The fourth-order valence-electron chi connectivity index (χ4n) is 2.30. The van der Waals surface area contributed by atoms with Gasteiger partial charge in [0.25, 0.3) is 5.56 Å². The van der Waals surface area contributed by atoms with Crippen molar-refractivity contribution in [3.63, 3.8) is 0 Å². The van der Waals surface area contributed by atoms with Crippen LogP contribution in [-0.4, -0.2) is 4.98 Å². The zero-order valence-corrected chi connectivity index (χ0v) is 10.7. The van der Waals surface area contributed by atoms with E-state index in [4.69, 9.17) is 0 Å². The van der Waals surface area contributed by atoms with Gasteiger partial charge in [-0.05, 0) is 17.0 Å². The fraction of sp³-hybridized carbons (Fsp3) is 0.0625. The predicted molar refractivity (Wildman–Crippen MR) is 75.0 cm³/mol. The second-order valence-corrected chi connectivity index (χ2v) is 4.65.